The van der Waals surface area contributed by atoms with Gasteiger partial charge in [-0.2, -0.15) is 0 Å². The van der Waals surface area contributed by atoms with E-state index in [1.165, 1.54) is 31.4 Å². The highest BCUT2D eigenvalue weighted by Crippen LogP contribution is 2.39. The van der Waals surface area contributed by atoms with Crippen LogP contribution in [-0.2, 0) is 9.47 Å². The molecule has 2 aromatic carbocycles. The summed E-state index contributed by atoms with van der Waals surface area (Å²) in [6.07, 6.45) is -0.697. The van der Waals surface area contributed by atoms with E-state index in [0.29, 0.717) is 28.2 Å². The van der Waals surface area contributed by atoms with Crippen LogP contribution in [0.4, 0.5) is 14.9 Å². The fourth-order valence-corrected chi connectivity index (χ4v) is 4.32. The molecular weight excluding hydrogens is 435 g/mol. The van der Waals surface area contributed by atoms with Crippen molar-refractivity contribution in [3.8, 4) is 11.5 Å². The fraction of sp³-hybridized carbons (Fsp3) is 0.364. The zero-order valence-electron chi connectivity index (χ0n) is 17.9. The summed E-state index contributed by atoms with van der Waals surface area (Å²) < 4.78 is 37.3. The van der Waals surface area contributed by atoms with Crippen molar-refractivity contribution in [2.45, 2.75) is 30.6 Å². The quantitative estimate of drug-likeness (QED) is 0.536. The number of anilines is 1. The van der Waals surface area contributed by atoms with Gasteiger partial charge in [-0.1, -0.05) is 0 Å². The van der Waals surface area contributed by atoms with Gasteiger partial charge in [-0.3, -0.25) is 0 Å². The van der Waals surface area contributed by atoms with Crippen LogP contribution in [0, 0.1) is 5.82 Å². The lowest BCUT2D eigenvalue weighted by atomic mass is 9.95. The van der Waals surface area contributed by atoms with Gasteiger partial charge in [0.25, 0.3) is 0 Å². The summed E-state index contributed by atoms with van der Waals surface area (Å²) >= 11 is 0. The Morgan fingerprint density at radius 1 is 1.21 bits per heavy atom. The summed E-state index contributed by atoms with van der Waals surface area (Å²) in [5.41, 5.74) is 1.74. The van der Waals surface area contributed by atoms with Gasteiger partial charge in [-0.15, -0.1) is 0 Å². The number of aliphatic hydroxyl groups is 1. The molecular formula is C22H23FN4O6. The molecule has 3 aromatic rings. The average molecular weight is 458 g/mol. The van der Waals surface area contributed by atoms with Crippen molar-refractivity contribution in [2.75, 3.05) is 26.1 Å². The van der Waals surface area contributed by atoms with Crippen LogP contribution in [0.1, 0.15) is 6.04 Å². The maximum absolute atomic E-state index is 13.1. The number of methoxy groups -OCH3 is 2. The van der Waals surface area contributed by atoms with Crippen molar-refractivity contribution >= 4 is 22.8 Å². The second-order valence-corrected chi connectivity index (χ2v) is 7.84. The van der Waals surface area contributed by atoms with Gasteiger partial charge in [-0.05, 0) is 24.3 Å². The molecule has 2 aliphatic heterocycles. The third-order valence-electron chi connectivity index (χ3n) is 5.93. The normalized spacial score (nSPS) is 26.2. The minimum atomic E-state index is -1.04. The topological polar surface area (TPSA) is 116 Å². The largest absolute Gasteiger partial charge is 0.493 e. The molecule has 2 fully saturated rings. The number of amides is 2. The molecule has 10 nitrogen and oxygen atoms in total. The number of imidazole rings is 1. The van der Waals surface area contributed by atoms with Crippen LogP contribution in [-0.4, -0.2) is 66.1 Å². The van der Waals surface area contributed by atoms with Crippen molar-refractivity contribution in [3.63, 3.8) is 0 Å². The predicted molar refractivity (Wildman–Crippen MR) is 115 cm³/mol. The minimum Gasteiger partial charge on any atom is -0.493 e. The van der Waals surface area contributed by atoms with Gasteiger partial charge in [0.15, 0.2) is 17.8 Å². The molecule has 5 rings (SSSR count). The lowest BCUT2D eigenvalue weighted by molar-refractivity contribution is -0.162. The monoisotopic (exact) mass is 458 g/mol. The summed E-state index contributed by atoms with van der Waals surface area (Å²) in [6.45, 7) is 0.212. The molecule has 2 aliphatic rings. The molecule has 5 unspecified atom stereocenters. The Balaban J connectivity index is 1.41. The van der Waals surface area contributed by atoms with Crippen molar-refractivity contribution < 1.29 is 33.2 Å². The maximum atomic E-state index is 13.1. The molecule has 5 atom stereocenters. The number of benzene rings is 2. The molecule has 3 heterocycles. The number of aromatic nitrogens is 2. The number of urea groups is 1. The summed E-state index contributed by atoms with van der Waals surface area (Å²) in [7, 11) is 3.08. The molecule has 11 heteroatoms. The number of halogens is 1. The second-order valence-electron chi connectivity index (χ2n) is 7.84. The standard InChI is InChI=1S/C22H23FN4O6/c1-30-15-7-13-14(8-16(15)31-2)27(10-24-13)19-20(28)18(17-9-32-21(19)33-17)26-22(29)25-12-5-3-11(23)4-6-12/h3-8,10,17-21,28H,9H2,1-2H3,(H2,25,26,29). The SMILES string of the molecule is COc1cc2ncn(C3C4OCC(O4)C(NC(=O)Nc4ccc(F)cc4)C3O)c2cc1OC. The minimum absolute atomic E-state index is 0.212. The summed E-state index contributed by atoms with van der Waals surface area (Å²) in [5.74, 6) is 0.636. The number of carbonyl (C=O) groups is 1. The molecule has 0 spiro atoms. The van der Waals surface area contributed by atoms with Crippen molar-refractivity contribution in [1.82, 2.24) is 14.9 Å². The van der Waals surface area contributed by atoms with Crippen LogP contribution in [0.2, 0.25) is 0 Å². The van der Waals surface area contributed by atoms with Gasteiger partial charge in [0.05, 0.1) is 44.2 Å². The first kappa shape index (κ1) is 21.4. The van der Waals surface area contributed by atoms with E-state index in [4.69, 9.17) is 18.9 Å². The molecule has 0 saturated carbocycles. The van der Waals surface area contributed by atoms with Gasteiger partial charge in [-0.25, -0.2) is 14.2 Å². The fourth-order valence-electron chi connectivity index (χ4n) is 4.32. The van der Waals surface area contributed by atoms with Gasteiger partial charge in [0.2, 0.25) is 0 Å². The maximum Gasteiger partial charge on any atom is 0.319 e. The first-order chi connectivity index (χ1) is 16.0. The van der Waals surface area contributed by atoms with Crippen molar-refractivity contribution in [3.05, 3.63) is 48.5 Å². The van der Waals surface area contributed by atoms with E-state index in [9.17, 15) is 14.3 Å². The van der Waals surface area contributed by atoms with Crippen LogP contribution in [0.5, 0.6) is 11.5 Å². The van der Waals surface area contributed by atoms with Crippen molar-refractivity contribution in [1.29, 1.82) is 0 Å². The highest BCUT2D eigenvalue weighted by molar-refractivity contribution is 5.89. The molecule has 2 bridgehead atoms. The lowest BCUT2D eigenvalue weighted by Gasteiger charge is -2.39. The number of hydrogen-bond donors (Lipinski definition) is 3. The third kappa shape index (κ3) is 3.84. The lowest BCUT2D eigenvalue weighted by Crippen LogP contribution is -2.59. The number of fused-ring (bicyclic) bond motifs is 3. The van der Waals surface area contributed by atoms with Crippen LogP contribution in [0.15, 0.2) is 42.7 Å². The summed E-state index contributed by atoms with van der Waals surface area (Å²) in [5, 5.41) is 16.7. The molecule has 3 N–H and O–H groups in total. The Hall–Kier alpha value is -3.41. The van der Waals surface area contributed by atoms with Crippen LogP contribution < -0.4 is 20.1 Å². The van der Waals surface area contributed by atoms with E-state index in [0.717, 1.165) is 0 Å². The van der Waals surface area contributed by atoms with Crippen LogP contribution in [0.25, 0.3) is 11.0 Å². The van der Waals surface area contributed by atoms with E-state index in [1.807, 2.05) is 0 Å². The number of ether oxygens (including phenoxy) is 4. The predicted octanol–water partition coefficient (Wildman–Crippen LogP) is 2.04. The Bertz CT molecular complexity index is 1170. The van der Waals surface area contributed by atoms with Crippen LogP contribution >= 0.6 is 0 Å². The zero-order chi connectivity index (χ0) is 23.1. The zero-order valence-corrected chi connectivity index (χ0v) is 17.9. The number of hydrogen-bond acceptors (Lipinski definition) is 7. The molecule has 174 valence electrons. The van der Waals surface area contributed by atoms with E-state index >= 15 is 0 Å². The number of nitrogens with zero attached hydrogens (tertiary/aromatic N) is 2. The summed E-state index contributed by atoms with van der Waals surface area (Å²) in [4.78, 5) is 17.0. The van der Waals surface area contributed by atoms with E-state index in [-0.39, 0.29) is 6.61 Å². The van der Waals surface area contributed by atoms with E-state index in [2.05, 4.69) is 15.6 Å². The Kier molecular flexibility index (Phi) is 5.52. The number of aliphatic hydroxyl groups excluding tert-OH is 1. The third-order valence-corrected chi connectivity index (χ3v) is 5.93. The molecule has 1 aromatic heterocycles. The van der Waals surface area contributed by atoms with Crippen molar-refractivity contribution in [2.24, 2.45) is 0 Å². The highest BCUT2D eigenvalue weighted by atomic mass is 19.1. The van der Waals surface area contributed by atoms with Gasteiger partial charge >= 0.3 is 6.03 Å². The van der Waals surface area contributed by atoms with Gasteiger partial charge in [0, 0.05) is 17.8 Å². The first-order valence-electron chi connectivity index (χ1n) is 10.3. The number of nitrogens with one attached hydrogen (secondary N) is 2. The average Bonchev–Trinajstić information content (AvgIpc) is 3.43. The van der Waals surface area contributed by atoms with E-state index < -0.39 is 42.4 Å². The van der Waals surface area contributed by atoms with Gasteiger partial charge in [0.1, 0.15) is 24.1 Å². The van der Waals surface area contributed by atoms with E-state index in [1.54, 1.807) is 30.1 Å². The Morgan fingerprint density at radius 3 is 2.67 bits per heavy atom. The summed E-state index contributed by atoms with van der Waals surface area (Å²) in [6, 6.07) is 6.89. The molecule has 0 aliphatic carbocycles. The second kappa shape index (κ2) is 8.50. The smallest absolute Gasteiger partial charge is 0.319 e. The molecule has 0 radical (unpaired) electrons. The number of carbonyl (C=O) groups excluding carboxylic acids is 1. The molecule has 2 saturated heterocycles. The number of rotatable bonds is 5. The first-order valence-corrected chi connectivity index (χ1v) is 10.3. The molecule has 2 amide bonds. The van der Waals surface area contributed by atoms with Crippen LogP contribution in [0.3, 0.4) is 0 Å². The van der Waals surface area contributed by atoms with Gasteiger partial charge < -0.3 is 39.3 Å². The Morgan fingerprint density at radius 2 is 1.94 bits per heavy atom. The molecule has 33 heavy (non-hydrogen) atoms. The Labute approximate surface area is 188 Å². The highest BCUT2D eigenvalue weighted by Gasteiger charge is 2.51.